The number of aliphatic hydroxyl groups excluding tert-OH is 1. The fourth-order valence-electron chi connectivity index (χ4n) is 1.31. The van der Waals surface area contributed by atoms with Gasteiger partial charge < -0.3 is 5.11 Å². The number of aliphatic hydroxyl groups is 1. The molecule has 0 aromatic heterocycles. The molecule has 0 radical (unpaired) electrons. The summed E-state index contributed by atoms with van der Waals surface area (Å²) in [6, 6.07) is 5.72. The maximum absolute atomic E-state index is 9.60. The first kappa shape index (κ1) is 10.6. The lowest BCUT2D eigenvalue weighted by molar-refractivity contribution is 0.173. The summed E-state index contributed by atoms with van der Waals surface area (Å²) < 4.78 is 0. The Morgan fingerprint density at radius 1 is 1.38 bits per heavy atom. The summed E-state index contributed by atoms with van der Waals surface area (Å²) in [5.74, 6) is 0. The summed E-state index contributed by atoms with van der Waals surface area (Å²) in [6.45, 7) is 4.02. The molecule has 0 amide bonds. The smallest absolute Gasteiger partial charge is 0.0787 e. The number of halogens is 1. The monoisotopic (exact) mass is 198 g/mol. The van der Waals surface area contributed by atoms with E-state index >= 15 is 0 Å². The average molecular weight is 199 g/mol. The van der Waals surface area contributed by atoms with Crippen molar-refractivity contribution in [2.24, 2.45) is 0 Å². The van der Waals surface area contributed by atoms with E-state index in [0.29, 0.717) is 0 Å². The van der Waals surface area contributed by atoms with Crippen LogP contribution in [0, 0.1) is 0 Å². The van der Waals surface area contributed by atoms with Crippen LogP contribution in [0.1, 0.15) is 37.5 Å². The van der Waals surface area contributed by atoms with Crippen LogP contribution in [0.3, 0.4) is 0 Å². The van der Waals surface area contributed by atoms with E-state index < -0.39 is 0 Å². The molecule has 0 saturated heterocycles. The molecule has 0 fully saturated rings. The summed E-state index contributed by atoms with van der Waals surface area (Å²) in [6.07, 6.45) is 1.29. The molecule has 0 bridgehead atoms. The highest BCUT2D eigenvalue weighted by molar-refractivity contribution is 6.31. The van der Waals surface area contributed by atoms with Crippen LogP contribution in [0.2, 0.25) is 5.02 Å². The molecular weight excluding hydrogens is 184 g/mol. The summed E-state index contributed by atoms with van der Waals surface area (Å²) >= 11 is 5.96. The first-order valence-electron chi connectivity index (χ1n) is 4.65. The third-order valence-electron chi connectivity index (χ3n) is 2.22. The van der Waals surface area contributed by atoms with Gasteiger partial charge in [-0.2, -0.15) is 0 Å². The lowest BCUT2D eigenvalue weighted by Gasteiger charge is -2.10. The fraction of sp³-hybridized carbons (Fsp3) is 0.455. The lowest BCUT2D eigenvalue weighted by Crippen LogP contribution is -1.96. The maximum atomic E-state index is 9.60. The van der Waals surface area contributed by atoms with E-state index in [1.165, 1.54) is 0 Å². The predicted molar refractivity (Wildman–Crippen MR) is 56.1 cm³/mol. The number of hydrogen-bond acceptors (Lipinski definition) is 1. The van der Waals surface area contributed by atoms with E-state index in [-0.39, 0.29) is 6.10 Å². The van der Waals surface area contributed by atoms with E-state index in [2.05, 4.69) is 6.92 Å². The Labute approximate surface area is 84.4 Å². The van der Waals surface area contributed by atoms with Gasteiger partial charge in [0.2, 0.25) is 0 Å². The zero-order valence-electron chi connectivity index (χ0n) is 8.05. The molecule has 1 aromatic carbocycles. The SMILES string of the molecule is CCc1cc([C@H](O)CC)ccc1Cl. The Bertz CT molecular complexity index is 283. The summed E-state index contributed by atoms with van der Waals surface area (Å²) in [4.78, 5) is 0. The van der Waals surface area contributed by atoms with Crippen LogP contribution in [0.15, 0.2) is 18.2 Å². The number of hydrogen-bond donors (Lipinski definition) is 1. The van der Waals surface area contributed by atoms with Crippen molar-refractivity contribution in [3.05, 3.63) is 34.3 Å². The lowest BCUT2D eigenvalue weighted by atomic mass is 10.0. The minimum atomic E-state index is -0.359. The van der Waals surface area contributed by atoms with Gasteiger partial charge in [-0.05, 0) is 30.0 Å². The van der Waals surface area contributed by atoms with Crippen LogP contribution in [0.25, 0.3) is 0 Å². The quantitative estimate of drug-likeness (QED) is 0.790. The van der Waals surface area contributed by atoms with E-state index in [1.807, 2.05) is 25.1 Å². The number of aryl methyl sites for hydroxylation is 1. The van der Waals surface area contributed by atoms with Crippen LogP contribution < -0.4 is 0 Å². The van der Waals surface area contributed by atoms with Crippen LogP contribution in [0.5, 0.6) is 0 Å². The first-order valence-corrected chi connectivity index (χ1v) is 5.03. The Balaban J connectivity index is 2.99. The van der Waals surface area contributed by atoms with Crippen molar-refractivity contribution in [2.45, 2.75) is 32.8 Å². The van der Waals surface area contributed by atoms with Gasteiger partial charge in [0.1, 0.15) is 0 Å². The van der Waals surface area contributed by atoms with Gasteiger partial charge >= 0.3 is 0 Å². The first-order chi connectivity index (χ1) is 6.19. The molecule has 0 aliphatic carbocycles. The molecule has 2 heteroatoms. The molecule has 1 aromatic rings. The molecule has 1 atom stereocenters. The van der Waals surface area contributed by atoms with E-state index in [4.69, 9.17) is 11.6 Å². The van der Waals surface area contributed by atoms with Crippen molar-refractivity contribution in [1.29, 1.82) is 0 Å². The molecule has 0 spiro atoms. The molecule has 13 heavy (non-hydrogen) atoms. The Hall–Kier alpha value is -0.530. The van der Waals surface area contributed by atoms with E-state index in [9.17, 15) is 5.11 Å². The molecule has 72 valence electrons. The molecular formula is C11H15ClO. The molecule has 0 unspecified atom stereocenters. The van der Waals surface area contributed by atoms with Crippen molar-refractivity contribution >= 4 is 11.6 Å². The zero-order chi connectivity index (χ0) is 9.84. The highest BCUT2D eigenvalue weighted by atomic mass is 35.5. The third-order valence-corrected chi connectivity index (χ3v) is 2.59. The normalized spacial score (nSPS) is 12.9. The highest BCUT2D eigenvalue weighted by Crippen LogP contribution is 2.23. The van der Waals surface area contributed by atoms with Crippen molar-refractivity contribution < 1.29 is 5.11 Å². The average Bonchev–Trinajstić information content (AvgIpc) is 2.17. The van der Waals surface area contributed by atoms with Gasteiger partial charge in [-0.25, -0.2) is 0 Å². The van der Waals surface area contributed by atoms with Crippen molar-refractivity contribution in [1.82, 2.24) is 0 Å². The fourth-order valence-corrected chi connectivity index (χ4v) is 1.56. The van der Waals surface area contributed by atoms with Gasteiger partial charge in [0, 0.05) is 5.02 Å². The topological polar surface area (TPSA) is 20.2 Å². The largest absolute Gasteiger partial charge is 0.388 e. The standard InChI is InChI=1S/C11H15ClO/c1-3-8-7-9(11(13)4-2)5-6-10(8)12/h5-7,11,13H,3-4H2,1-2H3/t11-/m1/s1. The summed E-state index contributed by atoms with van der Waals surface area (Å²) in [5.41, 5.74) is 2.07. The Kier molecular flexibility index (Phi) is 3.76. The third kappa shape index (κ3) is 2.45. The number of rotatable bonds is 3. The van der Waals surface area contributed by atoms with Crippen LogP contribution in [-0.2, 0) is 6.42 Å². The van der Waals surface area contributed by atoms with Crippen LogP contribution in [-0.4, -0.2) is 5.11 Å². The van der Waals surface area contributed by atoms with Crippen LogP contribution in [0.4, 0.5) is 0 Å². The maximum Gasteiger partial charge on any atom is 0.0787 e. The van der Waals surface area contributed by atoms with Gasteiger partial charge in [-0.1, -0.05) is 37.6 Å². The second-order valence-corrected chi connectivity index (χ2v) is 3.54. The minimum Gasteiger partial charge on any atom is -0.388 e. The van der Waals surface area contributed by atoms with E-state index in [0.717, 1.165) is 29.0 Å². The summed E-state index contributed by atoms with van der Waals surface area (Å²) in [5, 5.41) is 10.4. The predicted octanol–water partition coefficient (Wildman–Crippen LogP) is 3.35. The zero-order valence-corrected chi connectivity index (χ0v) is 8.80. The van der Waals surface area contributed by atoms with Crippen molar-refractivity contribution in [2.75, 3.05) is 0 Å². The molecule has 1 nitrogen and oxygen atoms in total. The van der Waals surface area contributed by atoms with Gasteiger partial charge in [-0.3, -0.25) is 0 Å². The van der Waals surface area contributed by atoms with Gasteiger partial charge in [-0.15, -0.1) is 0 Å². The van der Waals surface area contributed by atoms with Gasteiger partial charge in [0.25, 0.3) is 0 Å². The van der Waals surface area contributed by atoms with Crippen molar-refractivity contribution in [3.63, 3.8) is 0 Å². The molecule has 0 saturated carbocycles. The molecule has 0 aliphatic heterocycles. The minimum absolute atomic E-state index is 0.359. The second-order valence-electron chi connectivity index (χ2n) is 3.13. The molecule has 1 rings (SSSR count). The van der Waals surface area contributed by atoms with Crippen LogP contribution >= 0.6 is 11.6 Å². The number of benzene rings is 1. The molecule has 0 heterocycles. The summed E-state index contributed by atoms with van der Waals surface area (Å²) in [7, 11) is 0. The van der Waals surface area contributed by atoms with E-state index in [1.54, 1.807) is 0 Å². The highest BCUT2D eigenvalue weighted by Gasteiger charge is 2.06. The van der Waals surface area contributed by atoms with Gasteiger partial charge in [0.15, 0.2) is 0 Å². The second kappa shape index (κ2) is 4.64. The Morgan fingerprint density at radius 2 is 2.08 bits per heavy atom. The Morgan fingerprint density at radius 3 is 2.62 bits per heavy atom. The van der Waals surface area contributed by atoms with Gasteiger partial charge in [0.05, 0.1) is 6.10 Å². The van der Waals surface area contributed by atoms with Crippen molar-refractivity contribution in [3.8, 4) is 0 Å². The molecule has 0 aliphatic rings. The molecule has 1 N–H and O–H groups in total.